The molecule has 10 heteroatoms. The summed E-state index contributed by atoms with van der Waals surface area (Å²) in [5, 5.41) is 0. The molecule has 60 heavy (non-hydrogen) atoms. The first-order valence-corrected chi connectivity index (χ1v) is 26.9. The Morgan fingerprint density at radius 3 is 1.30 bits per heavy atom. The van der Waals surface area contributed by atoms with Gasteiger partial charge in [0.15, 0.2) is 6.10 Å². The van der Waals surface area contributed by atoms with Crippen molar-refractivity contribution in [1.29, 1.82) is 0 Å². The summed E-state index contributed by atoms with van der Waals surface area (Å²) in [4.78, 5) is 37.6. The third-order valence-corrected chi connectivity index (χ3v) is 12.3. The zero-order valence-electron chi connectivity index (χ0n) is 40.2. The fourth-order valence-corrected chi connectivity index (χ4v) is 8.05. The van der Waals surface area contributed by atoms with Crippen LogP contribution in [0.2, 0.25) is 0 Å². The largest absolute Gasteiger partial charge is 0.756 e. The number of carbonyl (C=O) groups is 2. The highest BCUT2D eigenvalue weighted by Gasteiger charge is 2.21. The van der Waals surface area contributed by atoms with Gasteiger partial charge in [-0.15, -0.1) is 0 Å². The Morgan fingerprint density at radius 2 is 0.883 bits per heavy atom. The number of phosphoric ester groups is 1. The average Bonchev–Trinajstić information content (AvgIpc) is 3.20. The van der Waals surface area contributed by atoms with E-state index in [1.807, 2.05) is 27.2 Å². The standard InChI is InChI=1S/C50H98NO8P/c1-6-8-10-12-14-16-18-20-22-23-24-25-26-27-29-30-32-34-36-38-40-42-49(52)56-46-48(47-58-60(54,55)57-45-44-51(3,4)5)59-50(53)43-41-39-37-35-33-31-28-21-19-17-15-13-11-9-7-2/h37,39,48H,6-36,38,40-47H2,1-5H3/b39-37+/t48-/m0/s1. The lowest BCUT2D eigenvalue weighted by Crippen LogP contribution is -2.37. The predicted molar refractivity (Wildman–Crippen MR) is 250 cm³/mol. The zero-order chi connectivity index (χ0) is 44.3. The number of esters is 2. The number of rotatable bonds is 47. The molecule has 0 spiro atoms. The number of carbonyl (C=O) groups excluding carboxylic acids is 2. The number of allylic oxidation sites excluding steroid dienone is 2. The monoisotopic (exact) mass is 872 g/mol. The minimum atomic E-state index is -4.63. The van der Waals surface area contributed by atoms with Crippen LogP contribution in [0.15, 0.2) is 12.2 Å². The minimum Gasteiger partial charge on any atom is -0.756 e. The van der Waals surface area contributed by atoms with Crippen LogP contribution in [0, 0.1) is 0 Å². The maximum Gasteiger partial charge on any atom is 0.306 e. The second-order valence-corrected chi connectivity index (χ2v) is 20.0. The van der Waals surface area contributed by atoms with Crippen LogP contribution in [0.5, 0.6) is 0 Å². The van der Waals surface area contributed by atoms with Gasteiger partial charge in [0.05, 0.1) is 27.7 Å². The third kappa shape index (κ3) is 46.3. The Bertz CT molecular complexity index is 1030. The van der Waals surface area contributed by atoms with E-state index < -0.39 is 26.5 Å². The highest BCUT2D eigenvalue weighted by atomic mass is 31.2. The van der Waals surface area contributed by atoms with E-state index in [1.54, 1.807) is 0 Å². The third-order valence-electron chi connectivity index (χ3n) is 11.3. The van der Waals surface area contributed by atoms with Gasteiger partial charge in [-0.2, -0.15) is 0 Å². The predicted octanol–water partition coefficient (Wildman–Crippen LogP) is 14.3. The molecule has 0 aromatic heterocycles. The van der Waals surface area contributed by atoms with E-state index in [9.17, 15) is 19.0 Å². The van der Waals surface area contributed by atoms with Crippen LogP contribution in [-0.2, 0) is 32.7 Å². The molecule has 0 fully saturated rings. The molecule has 0 bridgehead atoms. The quantitative estimate of drug-likeness (QED) is 0.0195. The Morgan fingerprint density at radius 1 is 0.500 bits per heavy atom. The van der Waals surface area contributed by atoms with Crippen molar-refractivity contribution in [2.75, 3.05) is 47.5 Å². The molecule has 0 saturated carbocycles. The number of phosphoric acid groups is 1. The van der Waals surface area contributed by atoms with Crippen molar-refractivity contribution >= 4 is 19.8 Å². The number of ether oxygens (including phenoxy) is 2. The molecule has 0 aromatic rings. The van der Waals surface area contributed by atoms with Crippen LogP contribution in [0.1, 0.15) is 245 Å². The van der Waals surface area contributed by atoms with Gasteiger partial charge in [0.25, 0.3) is 7.82 Å². The minimum absolute atomic E-state index is 0.0330. The molecule has 0 aromatic carbocycles. The van der Waals surface area contributed by atoms with Crippen molar-refractivity contribution in [3.05, 3.63) is 12.2 Å². The van der Waals surface area contributed by atoms with Gasteiger partial charge in [-0.25, -0.2) is 0 Å². The number of quaternary nitrogens is 1. The fourth-order valence-electron chi connectivity index (χ4n) is 7.32. The van der Waals surface area contributed by atoms with Gasteiger partial charge in [0.1, 0.15) is 19.8 Å². The Kier molecular flexibility index (Phi) is 42.1. The molecule has 9 nitrogen and oxygen atoms in total. The number of nitrogens with zero attached hydrogens (tertiary/aromatic N) is 1. The van der Waals surface area contributed by atoms with Crippen LogP contribution >= 0.6 is 7.82 Å². The molecular formula is C50H98NO8P. The maximum atomic E-state index is 12.7. The molecule has 0 radical (unpaired) electrons. The van der Waals surface area contributed by atoms with Gasteiger partial charge in [-0.1, -0.05) is 219 Å². The molecule has 0 rings (SSSR count). The number of hydrogen-bond acceptors (Lipinski definition) is 8. The van der Waals surface area contributed by atoms with E-state index in [0.29, 0.717) is 17.4 Å². The van der Waals surface area contributed by atoms with Crippen LogP contribution in [0.25, 0.3) is 0 Å². The summed E-state index contributed by atoms with van der Waals surface area (Å²) in [6.45, 7) is 4.23. The molecule has 0 aliphatic heterocycles. The highest BCUT2D eigenvalue weighted by Crippen LogP contribution is 2.38. The second-order valence-electron chi connectivity index (χ2n) is 18.5. The van der Waals surface area contributed by atoms with Crippen molar-refractivity contribution < 1.29 is 42.1 Å². The lowest BCUT2D eigenvalue weighted by Gasteiger charge is -2.28. The van der Waals surface area contributed by atoms with Crippen molar-refractivity contribution in [3.63, 3.8) is 0 Å². The van der Waals surface area contributed by atoms with Crippen LogP contribution in [-0.4, -0.2) is 70.0 Å². The van der Waals surface area contributed by atoms with E-state index >= 15 is 0 Å². The summed E-state index contributed by atoms with van der Waals surface area (Å²) in [6, 6.07) is 0. The number of likely N-dealkylation sites (N-methyl/N-ethyl adjacent to an activating group) is 1. The maximum absolute atomic E-state index is 12.7. The summed E-state index contributed by atoms with van der Waals surface area (Å²) in [5.41, 5.74) is 0. The van der Waals surface area contributed by atoms with E-state index in [1.165, 1.54) is 180 Å². The van der Waals surface area contributed by atoms with Gasteiger partial charge in [0, 0.05) is 12.8 Å². The van der Waals surface area contributed by atoms with Crippen molar-refractivity contribution in [2.24, 2.45) is 0 Å². The van der Waals surface area contributed by atoms with Gasteiger partial charge >= 0.3 is 11.9 Å². The molecule has 0 amide bonds. The molecule has 0 aliphatic carbocycles. The van der Waals surface area contributed by atoms with Crippen molar-refractivity contribution in [3.8, 4) is 0 Å². The van der Waals surface area contributed by atoms with E-state index in [2.05, 4.69) is 19.9 Å². The highest BCUT2D eigenvalue weighted by molar-refractivity contribution is 7.45. The number of hydrogen-bond donors (Lipinski definition) is 0. The van der Waals surface area contributed by atoms with E-state index in [4.69, 9.17) is 18.5 Å². The Labute approximate surface area is 371 Å². The van der Waals surface area contributed by atoms with Gasteiger partial charge < -0.3 is 27.9 Å². The van der Waals surface area contributed by atoms with E-state index in [0.717, 1.165) is 32.1 Å². The summed E-state index contributed by atoms with van der Waals surface area (Å²) < 4.78 is 34.0. The fraction of sp³-hybridized carbons (Fsp3) is 0.920. The van der Waals surface area contributed by atoms with Gasteiger partial charge in [-0.05, 0) is 25.7 Å². The summed E-state index contributed by atoms with van der Waals surface area (Å²) >= 11 is 0. The van der Waals surface area contributed by atoms with E-state index in [-0.39, 0.29) is 32.0 Å². The number of unbranched alkanes of at least 4 members (excludes halogenated alkanes) is 31. The molecule has 0 heterocycles. The summed E-state index contributed by atoms with van der Waals surface area (Å²) in [7, 11) is 1.16. The Hall–Kier alpha value is -1.25. The molecule has 0 saturated heterocycles. The normalized spacial score (nSPS) is 13.5. The van der Waals surface area contributed by atoms with Crippen LogP contribution < -0.4 is 4.89 Å². The first-order chi connectivity index (χ1) is 29.0. The first kappa shape index (κ1) is 58.8. The Balaban J connectivity index is 4.22. The molecule has 1 unspecified atom stereocenters. The summed E-state index contributed by atoms with van der Waals surface area (Å²) in [6.07, 6.45) is 46.9. The van der Waals surface area contributed by atoms with Crippen LogP contribution in [0.3, 0.4) is 0 Å². The SMILES string of the molecule is CCCCCCCCCCCCC/C=C/CCC(=O)O[C@@H](COC(=O)CCCCCCCCCCCCCCCCCCCCCCC)COP(=O)([O-])OCC[N+](C)(C)C. The lowest BCUT2D eigenvalue weighted by atomic mass is 10.0. The smallest absolute Gasteiger partial charge is 0.306 e. The first-order valence-electron chi connectivity index (χ1n) is 25.4. The molecule has 0 N–H and O–H groups in total. The summed E-state index contributed by atoms with van der Waals surface area (Å²) in [5.74, 6) is -0.876. The van der Waals surface area contributed by atoms with Crippen molar-refractivity contribution in [2.45, 2.75) is 251 Å². The molecule has 2 atom stereocenters. The average molecular weight is 872 g/mol. The van der Waals surface area contributed by atoms with Gasteiger partial charge in [0.2, 0.25) is 0 Å². The lowest BCUT2D eigenvalue weighted by molar-refractivity contribution is -0.870. The van der Waals surface area contributed by atoms with Crippen LogP contribution in [0.4, 0.5) is 0 Å². The second kappa shape index (κ2) is 43.0. The zero-order valence-corrected chi connectivity index (χ0v) is 41.1. The van der Waals surface area contributed by atoms with Crippen molar-refractivity contribution in [1.82, 2.24) is 0 Å². The molecule has 0 aliphatic rings. The molecular weight excluding hydrogens is 774 g/mol. The van der Waals surface area contributed by atoms with Gasteiger partial charge in [-0.3, -0.25) is 14.2 Å². The topological polar surface area (TPSA) is 111 Å². The molecule has 356 valence electrons.